The molecular formula is C29H35BN4Si3. The maximum atomic E-state index is 5.02. The van der Waals surface area contributed by atoms with E-state index in [1.807, 2.05) is 0 Å². The molecule has 7 rings (SSSR count). The van der Waals surface area contributed by atoms with Crippen LogP contribution >= 0.6 is 0 Å². The first kappa shape index (κ1) is 23.4. The van der Waals surface area contributed by atoms with E-state index in [1.165, 1.54) is 65.1 Å². The van der Waals surface area contributed by atoms with E-state index in [0.717, 1.165) is 0 Å². The van der Waals surface area contributed by atoms with E-state index in [-0.39, 0.29) is 6.71 Å². The standard InChI is InChI=1S/C29H35BN4Si3/c1-35(2,3)20-10-18-16-31-33-25-14-22(37(7,8)9)15-26-27(25)30(23(12-20)28(18)33)24-13-21(36(4,5)6)11-19-17-32-34(26)29(19)24/h10-17H,1-9H3. The Labute approximate surface area is 222 Å². The van der Waals surface area contributed by atoms with Gasteiger partial charge >= 0.3 is 0 Å². The maximum absolute atomic E-state index is 5.02. The quantitative estimate of drug-likeness (QED) is 0.327. The van der Waals surface area contributed by atoms with E-state index in [1.54, 1.807) is 0 Å². The molecule has 0 atom stereocenters. The van der Waals surface area contributed by atoms with Crippen molar-refractivity contribution in [2.45, 2.75) is 58.9 Å². The highest BCUT2D eigenvalue weighted by atomic mass is 28.3. The van der Waals surface area contributed by atoms with Crippen LogP contribution in [0.1, 0.15) is 0 Å². The third kappa shape index (κ3) is 3.18. The number of fused-ring (bicyclic) bond motifs is 4. The molecule has 3 aromatic carbocycles. The molecule has 2 aromatic heterocycles. The van der Waals surface area contributed by atoms with Gasteiger partial charge in [0.2, 0.25) is 0 Å². The van der Waals surface area contributed by atoms with Gasteiger partial charge < -0.3 is 0 Å². The first-order chi connectivity index (χ1) is 17.2. The molecule has 0 saturated heterocycles. The summed E-state index contributed by atoms with van der Waals surface area (Å²) in [6.45, 7) is 22.2. The van der Waals surface area contributed by atoms with Gasteiger partial charge in [0.25, 0.3) is 6.71 Å². The van der Waals surface area contributed by atoms with E-state index in [9.17, 15) is 0 Å². The minimum absolute atomic E-state index is 0.201. The van der Waals surface area contributed by atoms with Gasteiger partial charge in [-0.05, 0) is 28.5 Å². The van der Waals surface area contributed by atoms with Gasteiger partial charge in [0, 0.05) is 10.8 Å². The molecule has 4 nitrogen and oxygen atoms in total. The van der Waals surface area contributed by atoms with Gasteiger partial charge in [0.05, 0.1) is 59.0 Å². The SMILES string of the molecule is C[Si](C)(C)c1cc2c3c(c1)-n1ncc4cc([Si](C)(C)C)cc(c41)B3c1cc([Si](C)(C)C)cc3cnn-2c13. The van der Waals surface area contributed by atoms with E-state index in [0.29, 0.717) is 0 Å². The van der Waals surface area contributed by atoms with Crippen LogP contribution in [0.3, 0.4) is 0 Å². The molecule has 0 spiro atoms. The summed E-state index contributed by atoms with van der Waals surface area (Å²) in [6, 6.07) is 14.8. The van der Waals surface area contributed by atoms with E-state index >= 15 is 0 Å². The van der Waals surface area contributed by atoms with Gasteiger partial charge in [0.15, 0.2) is 0 Å². The summed E-state index contributed by atoms with van der Waals surface area (Å²) in [6.07, 6.45) is 4.19. The number of rotatable bonds is 3. The van der Waals surface area contributed by atoms with Crippen LogP contribution in [-0.4, -0.2) is 50.5 Å². The normalized spacial score (nSPS) is 14.6. The topological polar surface area (TPSA) is 35.6 Å². The second-order valence-electron chi connectivity index (χ2n) is 14.2. The van der Waals surface area contributed by atoms with Crippen LogP contribution in [-0.2, 0) is 0 Å². The van der Waals surface area contributed by atoms with Crippen molar-refractivity contribution < 1.29 is 0 Å². The van der Waals surface area contributed by atoms with Crippen LogP contribution in [0.4, 0.5) is 0 Å². The fraction of sp³-hybridized carbons (Fsp3) is 0.310. The summed E-state index contributed by atoms with van der Waals surface area (Å²) in [7, 11) is -4.65. The third-order valence-corrected chi connectivity index (χ3v) is 14.5. The highest BCUT2D eigenvalue weighted by Gasteiger charge is 2.42. The Morgan fingerprint density at radius 3 is 1.30 bits per heavy atom. The van der Waals surface area contributed by atoms with Gasteiger partial charge in [-0.1, -0.05) is 98.7 Å². The molecule has 0 bridgehead atoms. The van der Waals surface area contributed by atoms with Gasteiger partial charge in [-0.2, -0.15) is 10.2 Å². The lowest BCUT2D eigenvalue weighted by Crippen LogP contribution is -2.62. The highest BCUT2D eigenvalue weighted by Crippen LogP contribution is 2.29. The molecule has 186 valence electrons. The van der Waals surface area contributed by atoms with E-state index in [4.69, 9.17) is 10.2 Å². The second kappa shape index (κ2) is 7.04. The summed E-state index contributed by atoms with van der Waals surface area (Å²) < 4.78 is 4.48. The zero-order valence-electron chi connectivity index (χ0n) is 23.5. The minimum atomic E-state index is -1.59. The minimum Gasteiger partial charge on any atom is -0.234 e. The van der Waals surface area contributed by atoms with Crippen molar-refractivity contribution in [1.82, 2.24) is 19.6 Å². The smallest absolute Gasteiger partial charge is 0.234 e. The number of benzene rings is 3. The van der Waals surface area contributed by atoms with E-state index in [2.05, 4.69) is 117 Å². The van der Waals surface area contributed by atoms with Crippen LogP contribution in [0, 0.1) is 0 Å². The fourth-order valence-electron chi connectivity index (χ4n) is 6.25. The van der Waals surface area contributed by atoms with Crippen LogP contribution in [0.5, 0.6) is 0 Å². The Bertz CT molecular complexity index is 1670. The fourth-order valence-corrected chi connectivity index (χ4v) is 9.75. The Hall–Kier alpha value is -2.68. The molecule has 2 aliphatic heterocycles. The molecule has 37 heavy (non-hydrogen) atoms. The zero-order valence-corrected chi connectivity index (χ0v) is 26.5. The third-order valence-electron chi connectivity index (χ3n) is 8.49. The van der Waals surface area contributed by atoms with Gasteiger partial charge in [-0.25, -0.2) is 9.36 Å². The largest absolute Gasteiger partial charge is 0.252 e. The van der Waals surface area contributed by atoms with Gasteiger partial charge in [-0.15, -0.1) is 0 Å². The molecule has 0 radical (unpaired) electrons. The lowest BCUT2D eigenvalue weighted by molar-refractivity contribution is 0.892. The monoisotopic (exact) mass is 534 g/mol. The van der Waals surface area contributed by atoms with Crippen LogP contribution < -0.4 is 31.9 Å². The lowest BCUT2D eigenvalue weighted by atomic mass is 9.34. The van der Waals surface area contributed by atoms with Crippen molar-refractivity contribution in [2.24, 2.45) is 0 Å². The average Bonchev–Trinajstić information content (AvgIpc) is 3.42. The Kier molecular flexibility index (Phi) is 4.46. The molecule has 0 N–H and O–H groups in total. The molecule has 0 aliphatic carbocycles. The van der Waals surface area contributed by atoms with Crippen molar-refractivity contribution in [3.8, 4) is 11.4 Å². The summed E-state index contributed by atoms with van der Waals surface area (Å²) >= 11 is 0. The Morgan fingerprint density at radius 1 is 0.541 bits per heavy atom. The molecule has 0 saturated carbocycles. The zero-order chi connectivity index (χ0) is 26.2. The molecular weight excluding hydrogens is 499 g/mol. The number of hydrogen-bond acceptors (Lipinski definition) is 2. The number of hydrogen-bond donors (Lipinski definition) is 0. The van der Waals surface area contributed by atoms with Crippen molar-refractivity contribution >= 4 is 84.7 Å². The summed E-state index contributed by atoms with van der Waals surface area (Å²) in [5.41, 5.74) is 9.28. The lowest BCUT2D eigenvalue weighted by Gasteiger charge is -2.35. The summed E-state index contributed by atoms with van der Waals surface area (Å²) in [4.78, 5) is 0. The van der Waals surface area contributed by atoms with Crippen molar-refractivity contribution in [3.63, 3.8) is 0 Å². The Balaban J connectivity index is 1.69. The molecule has 0 fully saturated rings. The highest BCUT2D eigenvalue weighted by molar-refractivity contribution is 7.01. The molecule has 8 heteroatoms. The number of nitrogens with zero attached hydrogens (tertiary/aromatic N) is 4. The van der Waals surface area contributed by atoms with Crippen LogP contribution in [0.15, 0.2) is 48.8 Å². The van der Waals surface area contributed by atoms with Crippen molar-refractivity contribution in [1.29, 1.82) is 0 Å². The molecule has 0 amide bonds. The second-order valence-corrected chi connectivity index (χ2v) is 29.5. The predicted molar refractivity (Wildman–Crippen MR) is 169 cm³/mol. The summed E-state index contributed by atoms with van der Waals surface area (Å²) in [5, 5.41) is 17.1. The molecule has 5 aromatic rings. The first-order valence-corrected chi connectivity index (χ1v) is 24.0. The first-order valence-electron chi connectivity index (χ1n) is 13.5. The Morgan fingerprint density at radius 2 is 0.919 bits per heavy atom. The maximum Gasteiger partial charge on any atom is 0.252 e. The molecule has 0 unspecified atom stereocenters. The molecule has 2 aliphatic rings. The van der Waals surface area contributed by atoms with Gasteiger partial charge in [0.1, 0.15) is 0 Å². The predicted octanol–water partition coefficient (Wildman–Crippen LogP) is 3.14. The molecule has 4 heterocycles. The number of aromatic nitrogens is 4. The summed E-state index contributed by atoms with van der Waals surface area (Å²) in [5.74, 6) is 0. The van der Waals surface area contributed by atoms with E-state index < -0.39 is 24.2 Å². The van der Waals surface area contributed by atoms with Gasteiger partial charge in [-0.3, -0.25) is 0 Å². The van der Waals surface area contributed by atoms with Crippen LogP contribution in [0.2, 0.25) is 58.9 Å². The van der Waals surface area contributed by atoms with Crippen LogP contribution in [0.25, 0.3) is 33.2 Å². The van der Waals surface area contributed by atoms with Crippen molar-refractivity contribution in [3.05, 3.63) is 48.8 Å². The van der Waals surface area contributed by atoms with Crippen molar-refractivity contribution in [2.75, 3.05) is 0 Å². The average molecular weight is 535 g/mol.